The summed E-state index contributed by atoms with van der Waals surface area (Å²) < 4.78 is 94.9. The summed E-state index contributed by atoms with van der Waals surface area (Å²) in [6, 6.07) is 15.9. The van der Waals surface area contributed by atoms with Crippen LogP contribution in [-0.4, -0.2) is 45.4 Å². The van der Waals surface area contributed by atoms with Crippen LogP contribution in [0.2, 0.25) is 10.0 Å². The second kappa shape index (κ2) is 17.4. The number of amides is 1. The number of rotatable bonds is 7. The van der Waals surface area contributed by atoms with Crippen LogP contribution >= 0.6 is 23.2 Å². The third-order valence-electron chi connectivity index (χ3n) is 6.12. The van der Waals surface area contributed by atoms with Gasteiger partial charge >= 0.3 is 18.3 Å². The quantitative estimate of drug-likeness (QED) is 0.127. The van der Waals surface area contributed by atoms with Crippen LogP contribution < -0.4 is 30.0 Å². The number of benzene rings is 4. The van der Waals surface area contributed by atoms with E-state index in [1.54, 1.807) is 36.4 Å². The number of halogens is 8. The number of carboxylic acid groups (broad SMARTS) is 1. The van der Waals surface area contributed by atoms with Crippen molar-refractivity contribution in [1.29, 1.82) is 0 Å². The van der Waals surface area contributed by atoms with Crippen LogP contribution in [0.1, 0.15) is 31.8 Å². The molecule has 4 N–H and O–H groups in total. The lowest BCUT2D eigenvalue weighted by Crippen LogP contribution is -2.15. The molecule has 1 amide bonds. The molecule has 0 radical (unpaired) electrons. The standard InChI is InChI=1S/C16H13ClF3NO3.C9H10O4.C7H5ClF3N/c1-23-12-4-3-5-13(24-2)14(12)15(22)21-9-6-7-11(17)10(8-9)16(18,19)20;1-12-6-4-3-5-7(13-2)8(6)9(10)11;8-6-2-1-4(12)3-5(6)7(9,10)11/h3-8H,1-2H3,(H,21,22);3-5H,1-2H3,(H,10,11);1-3H,12H2. The number of carboxylic acids is 1. The highest BCUT2D eigenvalue weighted by Gasteiger charge is 2.34. The minimum Gasteiger partial charge on any atom is -0.496 e. The highest BCUT2D eigenvalue weighted by atomic mass is 35.5. The summed E-state index contributed by atoms with van der Waals surface area (Å²) in [5, 5.41) is 10.5. The number of carbonyl (C=O) groups excluding carboxylic acids is 1. The smallest absolute Gasteiger partial charge is 0.417 e. The molecule has 4 aromatic rings. The summed E-state index contributed by atoms with van der Waals surface area (Å²) in [4.78, 5) is 23.2. The second-order valence-electron chi connectivity index (χ2n) is 9.26. The van der Waals surface area contributed by atoms with Crippen LogP contribution in [0.25, 0.3) is 0 Å². The lowest BCUT2D eigenvalue weighted by atomic mass is 10.1. The van der Waals surface area contributed by atoms with Gasteiger partial charge in [-0.15, -0.1) is 0 Å². The summed E-state index contributed by atoms with van der Waals surface area (Å²) in [6.07, 6.45) is -9.06. The first-order valence-corrected chi connectivity index (χ1v) is 14.1. The Hall–Kier alpha value is -5.02. The molecule has 9 nitrogen and oxygen atoms in total. The number of nitrogens with one attached hydrogen (secondary N) is 1. The van der Waals surface area contributed by atoms with Gasteiger partial charge in [0.25, 0.3) is 5.91 Å². The molecule has 0 aliphatic carbocycles. The third kappa shape index (κ3) is 11.0. The van der Waals surface area contributed by atoms with Gasteiger partial charge in [0.2, 0.25) is 0 Å². The summed E-state index contributed by atoms with van der Waals surface area (Å²) in [5.74, 6) is -0.665. The Labute approximate surface area is 286 Å². The second-order valence-corrected chi connectivity index (χ2v) is 10.1. The predicted octanol–water partition coefficient (Wildman–Crippen LogP) is 8.97. The molecule has 0 unspecified atom stereocenters. The monoisotopic (exact) mass is 736 g/mol. The van der Waals surface area contributed by atoms with Crippen LogP contribution in [-0.2, 0) is 12.4 Å². The van der Waals surface area contributed by atoms with Crippen LogP contribution in [0.15, 0.2) is 72.8 Å². The van der Waals surface area contributed by atoms with E-state index in [0.29, 0.717) is 11.5 Å². The number of alkyl halides is 6. The van der Waals surface area contributed by atoms with Crippen molar-refractivity contribution in [2.45, 2.75) is 12.4 Å². The average molecular weight is 737 g/mol. The van der Waals surface area contributed by atoms with Crippen molar-refractivity contribution in [2.24, 2.45) is 0 Å². The van der Waals surface area contributed by atoms with E-state index in [-0.39, 0.29) is 39.0 Å². The minimum absolute atomic E-state index is 0.0479. The lowest BCUT2D eigenvalue weighted by Gasteiger charge is -2.14. The molecule has 0 bridgehead atoms. The Morgan fingerprint density at radius 2 is 1.04 bits per heavy atom. The Morgan fingerprint density at radius 3 is 1.41 bits per heavy atom. The zero-order valence-electron chi connectivity index (χ0n) is 25.9. The first-order chi connectivity index (χ1) is 22.9. The van der Waals surface area contributed by atoms with E-state index in [0.717, 1.165) is 24.3 Å². The zero-order chi connectivity index (χ0) is 37.1. The van der Waals surface area contributed by atoms with Crippen LogP contribution in [0.5, 0.6) is 23.0 Å². The molecule has 264 valence electrons. The molecule has 4 rings (SSSR count). The van der Waals surface area contributed by atoms with Gasteiger partial charge in [0.1, 0.15) is 34.1 Å². The number of nitrogen functional groups attached to an aromatic ring is 1. The molecule has 0 heterocycles. The van der Waals surface area contributed by atoms with Gasteiger partial charge in [-0.05, 0) is 60.7 Å². The number of hydrogen-bond acceptors (Lipinski definition) is 7. The van der Waals surface area contributed by atoms with Crippen molar-refractivity contribution in [3.63, 3.8) is 0 Å². The van der Waals surface area contributed by atoms with Crippen molar-refractivity contribution >= 4 is 46.5 Å². The van der Waals surface area contributed by atoms with Crippen LogP contribution in [0.4, 0.5) is 37.7 Å². The largest absolute Gasteiger partial charge is 0.496 e. The molecular weight excluding hydrogens is 709 g/mol. The first kappa shape index (κ1) is 40.2. The number of hydrogen-bond donors (Lipinski definition) is 3. The van der Waals surface area contributed by atoms with Gasteiger partial charge in [0.05, 0.1) is 49.6 Å². The maximum atomic E-state index is 12.9. The topological polar surface area (TPSA) is 129 Å². The number of nitrogens with two attached hydrogens (primary N) is 1. The molecule has 17 heteroatoms. The van der Waals surface area contributed by atoms with Gasteiger partial charge in [0, 0.05) is 11.4 Å². The number of methoxy groups -OCH3 is 4. The summed E-state index contributed by atoms with van der Waals surface area (Å²) in [5.41, 5.74) is 3.35. The Bertz CT molecular complexity index is 1720. The molecule has 49 heavy (non-hydrogen) atoms. The highest BCUT2D eigenvalue weighted by molar-refractivity contribution is 6.31. The molecule has 0 aliphatic heterocycles. The number of ether oxygens (including phenoxy) is 4. The molecule has 0 aliphatic rings. The number of anilines is 2. The molecule has 0 atom stereocenters. The van der Waals surface area contributed by atoms with Gasteiger partial charge in [-0.2, -0.15) is 26.3 Å². The van der Waals surface area contributed by atoms with Crippen molar-refractivity contribution in [3.05, 3.63) is 105 Å². The summed E-state index contributed by atoms with van der Waals surface area (Å²) >= 11 is 10.9. The van der Waals surface area contributed by atoms with Crippen LogP contribution in [0, 0.1) is 0 Å². The Morgan fingerprint density at radius 1 is 0.653 bits per heavy atom. The Balaban J connectivity index is 0.000000281. The number of aromatic carboxylic acids is 1. The third-order valence-corrected chi connectivity index (χ3v) is 6.78. The summed E-state index contributed by atoms with van der Waals surface area (Å²) in [7, 11) is 5.58. The van der Waals surface area contributed by atoms with Crippen molar-refractivity contribution in [1.82, 2.24) is 0 Å². The molecular formula is C32H28Cl2F6N2O7. The van der Waals surface area contributed by atoms with Gasteiger partial charge < -0.3 is 35.1 Å². The molecule has 0 saturated carbocycles. The maximum Gasteiger partial charge on any atom is 0.417 e. The van der Waals surface area contributed by atoms with Crippen molar-refractivity contribution < 1.29 is 60.0 Å². The molecule has 4 aromatic carbocycles. The van der Waals surface area contributed by atoms with Crippen LogP contribution in [0.3, 0.4) is 0 Å². The molecule has 0 aromatic heterocycles. The first-order valence-electron chi connectivity index (χ1n) is 13.3. The fraction of sp³-hybridized carbons (Fsp3) is 0.188. The zero-order valence-corrected chi connectivity index (χ0v) is 27.4. The van der Waals surface area contributed by atoms with E-state index in [1.165, 1.54) is 40.6 Å². The SMILES string of the molecule is COc1cccc(OC)c1C(=O)Nc1ccc(Cl)c(C(F)(F)F)c1.COc1cccc(OC)c1C(=O)O.Nc1ccc(Cl)c(C(F)(F)F)c1. The fourth-order valence-corrected chi connectivity index (χ4v) is 4.36. The van der Waals surface area contributed by atoms with Crippen molar-refractivity contribution in [3.8, 4) is 23.0 Å². The highest BCUT2D eigenvalue weighted by Crippen LogP contribution is 2.37. The normalized spacial score (nSPS) is 10.8. The van der Waals surface area contributed by atoms with Gasteiger partial charge in [-0.3, -0.25) is 4.79 Å². The van der Waals surface area contributed by atoms with E-state index in [9.17, 15) is 35.9 Å². The predicted molar refractivity (Wildman–Crippen MR) is 171 cm³/mol. The fourth-order valence-electron chi connectivity index (χ4n) is 3.91. The maximum absolute atomic E-state index is 12.9. The van der Waals surface area contributed by atoms with Gasteiger partial charge in [-0.1, -0.05) is 35.3 Å². The van der Waals surface area contributed by atoms with E-state index >= 15 is 0 Å². The molecule has 0 spiro atoms. The Kier molecular flexibility index (Phi) is 14.3. The van der Waals surface area contributed by atoms with E-state index in [1.807, 2.05) is 0 Å². The molecule has 0 saturated heterocycles. The number of carbonyl (C=O) groups is 2. The van der Waals surface area contributed by atoms with Crippen molar-refractivity contribution in [2.75, 3.05) is 39.5 Å². The lowest BCUT2D eigenvalue weighted by molar-refractivity contribution is -0.138. The minimum atomic E-state index is -4.63. The van der Waals surface area contributed by atoms with E-state index in [2.05, 4.69) is 5.32 Å². The van der Waals surface area contributed by atoms with E-state index < -0.39 is 40.4 Å². The van der Waals surface area contributed by atoms with Gasteiger partial charge in [-0.25, -0.2) is 4.79 Å². The molecule has 0 fully saturated rings. The van der Waals surface area contributed by atoms with Gasteiger partial charge in [0.15, 0.2) is 0 Å². The summed E-state index contributed by atoms with van der Waals surface area (Å²) in [6.45, 7) is 0. The average Bonchev–Trinajstić information content (AvgIpc) is 3.05. The van der Waals surface area contributed by atoms with E-state index in [4.69, 9.17) is 53.0 Å².